The third kappa shape index (κ3) is 2.36. The zero-order valence-corrected chi connectivity index (χ0v) is 12.5. The molecule has 2 rings (SSSR count). The van der Waals surface area contributed by atoms with E-state index in [9.17, 15) is 0 Å². The van der Waals surface area contributed by atoms with Gasteiger partial charge in [-0.2, -0.15) is 10.2 Å². The lowest BCUT2D eigenvalue weighted by Crippen LogP contribution is -2.11. The molecule has 0 aliphatic carbocycles. The quantitative estimate of drug-likeness (QED) is 0.794. The van der Waals surface area contributed by atoms with Crippen LogP contribution < -0.4 is 0 Å². The normalized spacial score (nSPS) is 11.1. The number of halogens is 1. The standard InChI is InChI=1S/C11H16IN5/c1-4-8-11(12)9(5-2)17(15-8)6-10-13-7-14-16(10)3/h7H,4-6H2,1-3H3. The Morgan fingerprint density at radius 2 is 2.06 bits per heavy atom. The lowest BCUT2D eigenvalue weighted by molar-refractivity contribution is 0.583. The minimum Gasteiger partial charge on any atom is -0.261 e. The van der Waals surface area contributed by atoms with E-state index in [1.165, 1.54) is 15.0 Å². The fourth-order valence-electron chi connectivity index (χ4n) is 1.82. The van der Waals surface area contributed by atoms with Crippen LogP contribution in [0.25, 0.3) is 0 Å². The molecule has 0 amide bonds. The van der Waals surface area contributed by atoms with Gasteiger partial charge in [0.1, 0.15) is 18.7 Å². The lowest BCUT2D eigenvalue weighted by atomic mass is 10.2. The van der Waals surface area contributed by atoms with Crippen LogP contribution in [0.4, 0.5) is 0 Å². The van der Waals surface area contributed by atoms with Gasteiger partial charge in [0.25, 0.3) is 0 Å². The third-order valence-corrected chi connectivity index (χ3v) is 4.07. The van der Waals surface area contributed by atoms with Crippen molar-refractivity contribution in [2.24, 2.45) is 7.05 Å². The van der Waals surface area contributed by atoms with Gasteiger partial charge in [0.2, 0.25) is 0 Å². The molecule has 0 bridgehead atoms. The molecule has 17 heavy (non-hydrogen) atoms. The Hall–Kier alpha value is -0.920. The van der Waals surface area contributed by atoms with Crippen molar-refractivity contribution in [3.05, 3.63) is 27.1 Å². The summed E-state index contributed by atoms with van der Waals surface area (Å²) >= 11 is 2.39. The molecule has 0 spiro atoms. The topological polar surface area (TPSA) is 48.5 Å². The predicted molar refractivity (Wildman–Crippen MR) is 73.8 cm³/mol. The van der Waals surface area contributed by atoms with E-state index in [-0.39, 0.29) is 0 Å². The number of hydrogen-bond acceptors (Lipinski definition) is 3. The Morgan fingerprint density at radius 1 is 1.29 bits per heavy atom. The van der Waals surface area contributed by atoms with Crippen LogP contribution in [0.3, 0.4) is 0 Å². The molecule has 2 aromatic heterocycles. The van der Waals surface area contributed by atoms with E-state index in [2.05, 4.69) is 51.6 Å². The molecule has 6 heteroatoms. The van der Waals surface area contributed by atoms with E-state index in [1.807, 2.05) is 11.7 Å². The van der Waals surface area contributed by atoms with Crippen LogP contribution in [0.1, 0.15) is 31.1 Å². The summed E-state index contributed by atoms with van der Waals surface area (Å²) < 4.78 is 5.12. The average molecular weight is 345 g/mol. The van der Waals surface area contributed by atoms with Crippen molar-refractivity contribution in [2.45, 2.75) is 33.2 Å². The molecule has 0 fully saturated rings. The van der Waals surface area contributed by atoms with Gasteiger partial charge in [-0.3, -0.25) is 9.36 Å². The van der Waals surface area contributed by atoms with E-state index in [0.29, 0.717) is 6.54 Å². The van der Waals surface area contributed by atoms with Crippen molar-refractivity contribution < 1.29 is 0 Å². The Balaban J connectivity index is 2.35. The maximum Gasteiger partial charge on any atom is 0.148 e. The van der Waals surface area contributed by atoms with Gasteiger partial charge in [-0.15, -0.1) is 0 Å². The summed E-state index contributed by atoms with van der Waals surface area (Å²) in [7, 11) is 1.91. The SMILES string of the molecule is CCc1nn(Cc2ncnn2C)c(CC)c1I. The molecule has 0 aliphatic heterocycles. The van der Waals surface area contributed by atoms with Crippen molar-refractivity contribution in [2.75, 3.05) is 0 Å². The first-order valence-electron chi connectivity index (χ1n) is 5.74. The van der Waals surface area contributed by atoms with Crippen LogP contribution >= 0.6 is 22.6 Å². The fourth-order valence-corrected chi connectivity index (χ4v) is 2.97. The molecule has 92 valence electrons. The van der Waals surface area contributed by atoms with Crippen LogP contribution in [-0.2, 0) is 26.4 Å². The van der Waals surface area contributed by atoms with Gasteiger partial charge in [-0.25, -0.2) is 4.98 Å². The molecular weight excluding hydrogens is 329 g/mol. The molecule has 0 saturated carbocycles. The summed E-state index contributed by atoms with van der Waals surface area (Å²) in [6, 6.07) is 0. The highest BCUT2D eigenvalue weighted by atomic mass is 127. The van der Waals surface area contributed by atoms with Crippen molar-refractivity contribution in [3.63, 3.8) is 0 Å². The van der Waals surface area contributed by atoms with Crippen LogP contribution in [0.15, 0.2) is 6.33 Å². The van der Waals surface area contributed by atoms with Gasteiger partial charge in [-0.1, -0.05) is 13.8 Å². The summed E-state index contributed by atoms with van der Waals surface area (Å²) in [5.74, 6) is 0.932. The number of nitrogens with zero attached hydrogens (tertiary/aromatic N) is 5. The fraction of sp³-hybridized carbons (Fsp3) is 0.545. The summed E-state index contributed by atoms with van der Waals surface area (Å²) in [4.78, 5) is 4.24. The van der Waals surface area contributed by atoms with E-state index < -0.39 is 0 Å². The Morgan fingerprint density at radius 3 is 2.59 bits per heavy atom. The van der Waals surface area contributed by atoms with Crippen LogP contribution in [-0.4, -0.2) is 24.5 Å². The number of aryl methyl sites for hydroxylation is 2. The number of rotatable bonds is 4. The molecule has 0 radical (unpaired) electrons. The highest BCUT2D eigenvalue weighted by Gasteiger charge is 2.14. The summed E-state index contributed by atoms with van der Waals surface area (Å²) in [6.45, 7) is 4.98. The molecule has 0 aliphatic rings. The maximum absolute atomic E-state index is 4.64. The second kappa shape index (κ2) is 5.16. The first-order valence-corrected chi connectivity index (χ1v) is 6.82. The van der Waals surface area contributed by atoms with E-state index in [1.54, 1.807) is 11.0 Å². The minimum atomic E-state index is 0.690. The van der Waals surface area contributed by atoms with Crippen LogP contribution in [0.5, 0.6) is 0 Å². The second-order valence-corrected chi connectivity index (χ2v) is 4.95. The predicted octanol–water partition coefficient (Wildman–Crippen LogP) is 1.79. The monoisotopic (exact) mass is 345 g/mol. The zero-order chi connectivity index (χ0) is 12.4. The van der Waals surface area contributed by atoms with Crippen LogP contribution in [0.2, 0.25) is 0 Å². The highest BCUT2D eigenvalue weighted by Crippen LogP contribution is 2.19. The summed E-state index contributed by atoms with van der Waals surface area (Å²) in [5, 5.41) is 8.72. The summed E-state index contributed by atoms with van der Waals surface area (Å²) in [6.07, 6.45) is 3.54. The molecule has 0 atom stereocenters. The first kappa shape index (κ1) is 12.5. The zero-order valence-electron chi connectivity index (χ0n) is 10.3. The van der Waals surface area contributed by atoms with Gasteiger partial charge >= 0.3 is 0 Å². The Labute approximate surface area is 114 Å². The molecule has 0 saturated heterocycles. The van der Waals surface area contributed by atoms with Gasteiger partial charge in [0, 0.05) is 7.05 Å². The third-order valence-electron chi connectivity index (χ3n) is 2.83. The van der Waals surface area contributed by atoms with Crippen molar-refractivity contribution in [3.8, 4) is 0 Å². The van der Waals surface area contributed by atoms with E-state index in [0.717, 1.165) is 18.7 Å². The first-order chi connectivity index (χ1) is 8.17. The van der Waals surface area contributed by atoms with Crippen molar-refractivity contribution in [1.29, 1.82) is 0 Å². The molecule has 0 unspecified atom stereocenters. The van der Waals surface area contributed by atoms with Gasteiger partial charge in [0.05, 0.1) is 15.0 Å². The smallest absolute Gasteiger partial charge is 0.148 e. The molecule has 2 aromatic rings. The van der Waals surface area contributed by atoms with E-state index in [4.69, 9.17) is 0 Å². The van der Waals surface area contributed by atoms with Crippen molar-refractivity contribution in [1.82, 2.24) is 24.5 Å². The van der Waals surface area contributed by atoms with Crippen molar-refractivity contribution >= 4 is 22.6 Å². The second-order valence-electron chi connectivity index (χ2n) is 3.87. The minimum absolute atomic E-state index is 0.690. The van der Waals surface area contributed by atoms with E-state index >= 15 is 0 Å². The molecule has 0 N–H and O–H groups in total. The van der Waals surface area contributed by atoms with Gasteiger partial charge < -0.3 is 0 Å². The maximum atomic E-state index is 4.64. The molecule has 0 aromatic carbocycles. The molecular formula is C11H16IN5. The van der Waals surface area contributed by atoms with Crippen LogP contribution in [0, 0.1) is 3.57 Å². The molecule has 5 nitrogen and oxygen atoms in total. The van der Waals surface area contributed by atoms with Gasteiger partial charge in [-0.05, 0) is 35.4 Å². The Bertz CT molecular complexity index is 514. The Kier molecular flexibility index (Phi) is 3.80. The lowest BCUT2D eigenvalue weighted by Gasteiger charge is -2.05. The number of aromatic nitrogens is 5. The average Bonchev–Trinajstić information content (AvgIpc) is 2.84. The summed E-state index contributed by atoms with van der Waals surface area (Å²) in [5.41, 5.74) is 2.45. The number of hydrogen-bond donors (Lipinski definition) is 0. The highest BCUT2D eigenvalue weighted by molar-refractivity contribution is 14.1. The molecule has 2 heterocycles. The largest absolute Gasteiger partial charge is 0.261 e. The van der Waals surface area contributed by atoms with Gasteiger partial charge in [0.15, 0.2) is 0 Å².